The number of rotatable bonds is 5. The van der Waals surface area contributed by atoms with E-state index < -0.39 is 17.9 Å². The number of benzene rings is 1. The van der Waals surface area contributed by atoms with Crippen molar-refractivity contribution < 1.29 is 19.5 Å². The van der Waals surface area contributed by atoms with E-state index in [1.165, 1.54) is 6.92 Å². The minimum atomic E-state index is -0.864. The first-order valence-corrected chi connectivity index (χ1v) is 7.71. The second-order valence-electron chi connectivity index (χ2n) is 6.03. The zero-order valence-corrected chi connectivity index (χ0v) is 13.4. The molecule has 124 valence electrons. The third kappa shape index (κ3) is 4.55. The van der Waals surface area contributed by atoms with E-state index in [0.717, 1.165) is 11.1 Å². The molecular formula is C17H22N2O4. The van der Waals surface area contributed by atoms with Gasteiger partial charge in [0.05, 0.1) is 18.4 Å². The van der Waals surface area contributed by atoms with Gasteiger partial charge in [-0.2, -0.15) is 0 Å². The van der Waals surface area contributed by atoms with Gasteiger partial charge in [0.2, 0.25) is 11.8 Å². The van der Waals surface area contributed by atoms with Gasteiger partial charge < -0.3 is 15.3 Å². The van der Waals surface area contributed by atoms with E-state index in [4.69, 9.17) is 5.11 Å². The number of carbonyl (C=O) groups is 3. The van der Waals surface area contributed by atoms with Gasteiger partial charge in [-0.05, 0) is 18.9 Å². The highest BCUT2D eigenvalue weighted by atomic mass is 16.4. The van der Waals surface area contributed by atoms with Crippen LogP contribution in [0.1, 0.15) is 36.9 Å². The Balaban J connectivity index is 2.05. The van der Waals surface area contributed by atoms with E-state index in [9.17, 15) is 14.4 Å². The maximum absolute atomic E-state index is 12.4. The molecule has 1 aromatic carbocycles. The number of carboxylic acid groups (broad SMARTS) is 1. The smallest absolute Gasteiger partial charge is 0.308 e. The molecule has 1 saturated heterocycles. The highest BCUT2D eigenvalue weighted by molar-refractivity contribution is 5.80. The first kappa shape index (κ1) is 17.0. The molecular weight excluding hydrogens is 296 g/mol. The van der Waals surface area contributed by atoms with Crippen molar-refractivity contribution >= 4 is 17.8 Å². The second kappa shape index (κ2) is 7.26. The van der Waals surface area contributed by atoms with Crippen LogP contribution < -0.4 is 5.32 Å². The molecule has 1 aliphatic heterocycles. The summed E-state index contributed by atoms with van der Waals surface area (Å²) in [6.45, 7) is 4.09. The quantitative estimate of drug-likeness (QED) is 0.861. The number of amides is 2. The number of likely N-dealkylation sites (tertiary alicyclic amines) is 1. The average Bonchev–Trinajstić information content (AvgIpc) is 2.97. The summed E-state index contributed by atoms with van der Waals surface area (Å²) < 4.78 is 0. The third-order valence-electron chi connectivity index (χ3n) is 4.13. The summed E-state index contributed by atoms with van der Waals surface area (Å²) in [5.41, 5.74) is 1.97. The molecule has 0 saturated carbocycles. The number of hydrogen-bond donors (Lipinski definition) is 2. The van der Waals surface area contributed by atoms with Crippen molar-refractivity contribution in [3.63, 3.8) is 0 Å². The van der Waals surface area contributed by atoms with Crippen LogP contribution in [-0.4, -0.2) is 40.9 Å². The topological polar surface area (TPSA) is 86.7 Å². The van der Waals surface area contributed by atoms with Crippen LogP contribution in [0.15, 0.2) is 24.3 Å². The van der Waals surface area contributed by atoms with Crippen LogP contribution in [0.4, 0.5) is 0 Å². The lowest BCUT2D eigenvalue weighted by Gasteiger charge is -2.22. The van der Waals surface area contributed by atoms with Crippen LogP contribution in [-0.2, 0) is 14.4 Å². The number of nitrogens with zero attached hydrogens (tertiary/aromatic N) is 1. The van der Waals surface area contributed by atoms with Gasteiger partial charge in [-0.1, -0.05) is 29.8 Å². The number of hydrogen-bond acceptors (Lipinski definition) is 3. The highest BCUT2D eigenvalue weighted by Crippen LogP contribution is 2.22. The highest BCUT2D eigenvalue weighted by Gasteiger charge is 2.31. The Bertz CT molecular complexity index is 597. The summed E-state index contributed by atoms with van der Waals surface area (Å²) in [5.74, 6) is -1.68. The Kier molecular flexibility index (Phi) is 5.36. The fourth-order valence-corrected chi connectivity index (χ4v) is 2.79. The molecule has 0 spiro atoms. The standard InChI is InChI=1S/C17H22N2O4/c1-11-3-5-13(6-4-11)15(18-12(2)20)9-16(21)19-8-7-14(10-19)17(22)23/h3-6,14-15H,7-10H2,1-2H3,(H,18,20)(H,22,23)/t14-,15+/m0/s1. The molecule has 0 radical (unpaired) electrons. The Hall–Kier alpha value is -2.37. The summed E-state index contributed by atoms with van der Waals surface area (Å²) in [7, 11) is 0. The normalized spacial score (nSPS) is 18.5. The Morgan fingerprint density at radius 3 is 2.48 bits per heavy atom. The van der Waals surface area contributed by atoms with Gasteiger partial charge in [-0.25, -0.2) is 0 Å². The minimum Gasteiger partial charge on any atom is -0.481 e. The van der Waals surface area contributed by atoms with Crippen molar-refractivity contribution in [2.75, 3.05) is 13.1 Å². The number of nitrogens with one attached hydrogen (secondary N) is 1. The van der Waals surface area contributed by atoms with E-state index in [2.05, 4.69) is 5.32 Å². The van der Waals surface area contributed by atoms with E-state index in [1.807, 2.05) is 31.2 Å². The summed E-state index contributed by atoms with van der Waals surface area (Å²) in [6, 6.07) is 7.26. The lowest BCUT2D eigenvalue weighted by molar-refractivity contribution is -0.141. The van der Waals surface area contributed by atoms with Gasteiger partial charge in [-0.15, -0.1) is 0 Å². The third-order valence-corrected chi connectivity index (χ3v) is 4.13. The molecule has 0 aromatic heterocycles. The summed E-state index contributed by atoms with van der Waals surface area (Å²) in [6.07, 6.45) is 0.616. The predicted octanol–water partition coefficient (Wildman–Crippen LogP) is 1.50. The van der Waals surface area contributed by atoms with Crippen molar-refractivity contribution in [3.8, 4) is 0 Å². The molecule has 1 aliphatic rings. The molecule has 1 heterocycles. The fraction of sp³-hybridized carbons (Fsp3) is 0.471. The van der Waals surface area contributed by atoms with E-state index in [-0.39, 0.29) is 24.8 Å². The SMILES string of the molecule is CC(=O)N[C@H](CC(=O)N1CC[C@H](C(=O)O)C1)c1ccc(C)cc1. The van der Waals surface area contributed by atoms with E-state index in [1.54, 1.807) is 4.90 Å². The zero-order valence-electron chi connectivity index (χ0n) is 13.4. The summed E-state index contributed by atoms with van der Waals surface area (Å²) in [5, 5.41) is 11.8. The molecule has 2 amide bonds. The van der Waals surface area contributed by atoms with Crippen molar-refractivity contribution in [2.24, 2.45) is 5.92 Å². The van der Waals surface area contributed by atoms with Gasteiger partial charge in [0.15, 0.2) is 0 Å². The molecule has 23 heavy (non-hydrogen) atoms. The van der Waals surface area contributed by atoms with E-state index in [0.29, 0.717) is 13.0 Å². The Morgan fingerprint density at radius 2 is 1.96 bits per heavy atom. The van der Waals surface area contributed by atoms with Gasteiger partial charge in [0, 0.05) is 20.0 Å². The van der Waals surface area contributed by atoms with Gasteiger partial charge >= 0.3 is 5.97 Å². The number of aryl methyl sites for hydroxylation is 1. The largest absolute Gasteiger partial charge is 0.481 e. The monoisotopic (exact) mass is 318 g/mol. The number of aliphatic carboxylic acids is 1. The maximum Gasteiger partial charge on any atom is 0.308 e. The van der Waals surface area contributed by atoms with Crippen LogP contribution in [0, 0.1) is 12.8 Å². The van der Waals surface area contributed by atoms with Crippen molar-refractivity contribution in [1.82, 2.24) is 10.2 Å². The van der Waals surface area contributed by atoms with Crippen molar-refractivity contribution in [2.45, 2.75) is 32.7 Å². The summed E-state index contributed by atoms with van der Waals surface area (Å²) >= 11 is 0. The van der Waals surface area contributed by atoms with Gasteiger partial charge in [-0.3, -0.25) is 14.4 Å². The second-order valence-corrected chi connectivity index (χ2v) is 6.03. The van der Waals surface area contributed by atoms with Crippen LogP contribution in [0.25, 0.3) is 0 Å². The van der Waals surface area contributed by atoms with Crippen LogP contribution in [0.5, 0.6) is 0 Å². The molecule has 6 heteroatoms. The minimum absolute atomic E-state index is 0.131. The van der Waals surface area contributed by atoms with Crippen molar-refractivity contribution in [1.29, 1.82) is 0 Å². The predicted molar refractivity (Wildman–Crippen MR) is 84.7 cm³/mol. The fourth-order valence-electron chi connectivity index (χ4n) is 2.79. The zero-order chi connectivity index (χ0) is 17.0. The summed E-state index contributed by atoms with van der Waals surface area (Å²) in [4.78, 5) is 36.4. The molecule has 2 atom stereocenters. The Labute approximate surface area is 135 Å². The lowest BCUT2D eigenvalue weighted by atomic mass is 10.0. The molecule has 0 aliphatic carbocycles. The van der Waals surface area contributed by atoms with Gasteiger partial charge in [0.25, 0.3) is 0 Å². The molecule has 2 N–H and O–H groups in total. The first-order chi connectivity index (χ1) is 10.9. The molecule has 2 rings (SSSR count). The van der Waals surface area contributed by atoms with Gasteiger partial charge in [0.1, 0.15) is 0 Å². The molecule has 1 aromatic rings. The average molecular weight is 318 g/mol. The lowest BCUT2D eigenvalue weighted by Crippen LogP contribution is -2.35. The Morgan fingerprint density at radius 1 is 1.30 bits per heavy atom. The first-order valence-electron chi connectivity index (χ1n) is 7.71. The molecule has 6 nitrogen and oxygen atoms in total. The number of carbonyl (C=O) groups excluding carboxylic acids is 2. The molecule has 0 unspecified atom stereocenters. The van der Waals surface area contributed by atoms with Crippen LogP contribution in [0.3, 0.4) is 0 Å². The van der Waals surface area contributed by atoms with Crippen molar-refractivity contribution in [3.05, 3.63) is 35.4 Å². The maximum atomic E-state index is 12.4. The number of carboxylic acids is 1. The molecule has 0 bridgehead atoms. The molecule has 1 fully saturated rings. The van der Waals surface area contributed by atoms with Crippen LogP contribution >= 0.6 is 0 Å². The van der Waals surface area contributed by atoms with Crippen LogP contribution in [0.2, 0.25) is 0 Å². The van der Waals surface area contributed by atoms with E-state index >= 15 is 0 Å².